The number of hydrogen-bond acceptors (Lipinski definition) is 3. The van der Waals surface area contributed by atoms with Crippen molar-refractivity contribution in [3.63, 3.8) is 0 Å². The van der Waals surface area contributed by atoms with Crippen molar-refractivity contribution in [3.05, 3.63) is 35.9 Å². The molecule has 6 unspecified atom stereocenters. The van der Waals surface area contributed by atoms with E-state index in [1.165, 1.54) is 6.42 Å². The fraction of sp³-hybridized carbons (Fsp3) is 0.611. The average Bonchev–Trinajstić information content (AvgIpc) is 3.08. The Kier molecular flexibility index (Phi) is 6.06. The number of nitrogens with two attached hydrogens (primary N) is 1. The van der Waals surface area contributed by atoms with Crippen molar-refractivity contribution < 1.29 is 9.90 Å². The third-order valence-corrected chi connectivity index (χ3v) is 5.43. The Morgan fingerprint density at radius 2 is 1.96 bits per heavy atom. The highest BCUT2D eigenvalue weighted by molar-refractivity contribution is 5.85. The van der Waals surface area contributed by atoms with Crippen LogP contribution in [-0.2, 0) is 4.79 Å². The predicted octanol–water partition coefficient (Wildman–Crippen LogP) is 2.41. The maximum Gasteiger partial charge on any atom is 0.225 e. The van der Waals surface area contributed by atoms with Crippen LogP contribution in [0.25, 0.3) is 0 Å². The Labute approximate surface area is 144 Å². The number of halogens is 1. The fourth-order valence-electron chi connectivity index (χ4n) is 4.27. The largest absolute Gasteiger partial charge is 0.388 e. The van der Waals surface area contributed by atoms with Crippen LogP contribution in [0.3, 0.4) is 0 Å². The van der Waals surface area contributed by atoms with E-state index in [-0.39, 0.29) is 36.3 Å². The van der Waals surface area contributed by atoms with Gasteiger partial charge in [-0.05, 0) is 50.0 Å². The van der Waals surface area contributed by atoms with Gasteiger partial charge in [0, 0.05) is 12.1 Å². The van der Waals surface area contributed by atoms with Gasteiger partial charge in [-0.25, -0.2) is 0 Å². The van der Waals surface area contributed by atoms with E-state index < -0.39 is 6.10 Å². The average molecular weight is 339 g/mol. The summed E-state index contributed by atoms with van der Waals surface area (Å²) in [6.45, 7) is 1.95. The van der Waals surface area contributed by atoms with E-state index in [1.54, 1.807) is 0 Å². The first-order valence-electron chi connectivity index (χ1n) is 8.35. The van der Waals surface area contributed by atoms with Crippen LogP contribution >= 0.6 is 12.4 Å². The third-order valence-electron chi connectivity index (χ3n) is 5.43. The van der Waals surface area contributed by atoms with Crippen LogP contribution in [0.15, 0.2) is 30.3 Å². The molecule has 0 aliphatic heterocycles. The molecule has 4 nitrogen and oxygen atoms in total. The molecule has 1 aromatic carbocycles. The monoisotopic (exact) mass is 338 g/mol. The molecule has 1 aromatic rings. The van der Waals surface area contributed by atoms with Gasteiger partial charge >= 0.3 is 0 Å². The first kappa shape index (κ1) is 18.2. The molecule has 5 heteroatoms. The van der Waals surface area contributed by atoms with Gasteiger partial charge in [-0.3, -0.25) is 4.79 Å². The molecule has 2 aliphatic carbocycles. The highest BCUT2D eigenvalue weighted by atomic mass is 35.5. The van der Waals surface area contributed by atoms with E-state index in [9.17, 15) is 9.90 Å². The van der Waals surface area contributed by atoms with Crippen LogP contribution in [0, 0.1) is 17.8 Å². The number of carbonyl (C=O) groups excluding carboxylic acids is 1. The molecule has 0 aromatic heterocycles. The van der Waals surface area contributed by atoms with Crippen LogP contribution < -0.4 is 11.1 Å². The molecular weight excluding hydrogens is 312 g/mol. The molecule has 2 aliphatic rings. The summed E-state index contributed by atoms with van der Waals surface area (Å²) in [6.07, 6.45) is 3.40. The van der Waals surface area contributed by atoms with Gasteiger partial charge in [0.1, 0.15) is 0 Å². The van der Waals surface area contributed by atoms with Gasteiger partial charge in [-0.2, -0.15) is 0 Å². The summed E-state index contributed by atoms with van der Waals surface area (Å²) >= 11 is 0. The summed E-state index contributed by atoms with van der Waals surface area (Å²) in [5.41, 5.74) is 7.11. The maximum absolute atomic E-state index is 12.5. The van der Waals surface area contributed by atoms with Crippen LogP contribution in [0.5, 0.6) is 0 Å². The lowest BCUT2D eigenvalue weighted by Crippen LogP contribution is -2.47. The molecule has 3 rings (SSSR count). The molecule has 23 heavy (non-hydrogen) atoms. The third kappa shape index (κ3) is 3.87. The SMILES string of the molecule is CC(CC(O)c1ccccc1)NC(=O)C1C2CCC(C2)C1N.Cl. The summed E-state index contributed by atoms with van der Waals surface area (Å²) in [7, 11) is 0. The summed E-state index contributed by atoms with van der Waals surface area (Å²) in [5.74, 6) is 1.04. The number of nitrogens with one attached hydrogen (secondary N) is 1. The molecule has 1 amide bonds. The molecule has 2 bridgehead atoms. The lowest BCUT2D eigenvalue weighted by Gasteiger charge is -2.28. The first-order chi connectivity index (χ1) is 10.6. The summed E-state index contributed by atoms with van der Waals surface area (Å²) in [4.78, 5) is 12.5. The number of hydrogen-bond donors (Lipinski definition) is 3. The maximum atomic E-state index is 12.5. The van der Waals surface area contributed by atoms with E-state index in [4.69, 9.17) is 5.73 Å². The molecule has 2 saturated carbocycles. The second kappa shape index (κ2) is 7.65. The van der Waals surface area contributed by atoms with E-state index in [1.807, 2.05) is 37.3 Å². The van der Waals surface area contributed by atoms with E-state index in [0.717, 1.165) is 18.4 Å². The number of aliphatic hydroxyl groups excluding tert-OH is 1. The van der Waals surface area contributed by atoms with Crippen molar-refractivity contribution >= 4 is 18.3 Å². The highest BCUT2D eigenvalue weighted by Gasteiger charge is 2.49. The van der Waals surface area contributed by atoms with Crippen molar-refractivity contribution in [1.82, 2.24) is 5.32 Å². The Balaban J connectivity index is 0.00000192. The minimum absolute atomic E-state index is 0. The normalized spacial score (nSPS) is 31.3. The molecule has 0 saturated heterocycles. The van der Waals surface area contributed by atoms with Gasteiger partial charge in [0.15, 0.2) is 0 Å². The van der Waals surface area contributed by atoms with Gasteiger partial charge < -0.3 is 16.2 Å². The fourth-order valence-corrected chi connectivity index (χ4v) is 4.27. The molecule has 128 valence electrons. The van der Waals surface area contributed by atoms with Crippen LogP contribution in [0.4, 0.5) is 0 Å². The highest BCUT2D eigenvalue weighted by Crippen LogP contribution is 2.47. The van der Waals surface area contributed by atoms with Gasteiger partial charge in [0.2, 0.25) is 5.91 Å². The zero-order valence-electron chi connectivity index (χ0n) is 13.5. The smallest absolute Gasteiger partial charge is 0.225 e. The van der Waals surface area contributed by atoms with E-state index in [2.05, 4.69) is 5.32 Å². The minimum Gasteiger partial charge on any atom is -0.388 e. The first-order valence-corrected chi connectivity index (χ1v) is 8.35. The van der Waals surface area contributed by atoms with Crippen molar-refractivity contribution in [2.24, 2.45) is 23.5 Å². The Morgan fingerprint density at radius 1 is 1.30 bits per heavy atom. The minimum atomic E-state index is -0.551. The van der Waals surface area contributed by atoms with Crippen molar-refractivity contribution in [1.29, 1.82) is 0 Å². The van der Waals surface area contributed by atoms with Crippen LogP contribution in [0.1, 0.15) is 44.3 Å². The number of aliphatic hydroxyl groups is 1. The molecular formula is C18H27ClN2O2. The van der Waals surface area contributed by atoms with Gasteiger partial charge in [0.25, 0.3) is 0 Å². The summed E-state index contributed by atoms with van der Waals surface area (Å²) in [5, 5.41) is 13.3. The zero-order valence-corrected chi connectivity index (χ0v) is 14.3. The number of amides is 1. The molecule has 0 spiro atoms. The second-order valence-corrected chi connectivity index (χ2v) is 7.01. The molecule has 0 radical (unpaired) electrons. The van der Waals surface area contributed by atoms with Crippen molar-refractivity contribution in [2.75, 3.05) is 0 Å². The van der Waals surface area contributed by atoms with Crippen LogP contribution in [-0.4, -0.2) is 23.1 Å². The molecule has 6 atom stereocenters. The topological polar surface area (TPSA) is 75.3 Å². The lowest BCUT2D eigenvalue weighted by atomic mass is 9.84. The number of benzene rings is 1. The van der Waals surface area contributed by atoms with Crippen molar-refractivity contribution in [2.45, 2.75) is 50.8 Å². The summed E-state index contributed by atoms with van der Waals surface area (Å²) in [6, 6.07) is 9.53. The molecule has 0 heterocycles. The number of fused-ring (bicyclic) bond motifs is 2. The van der Waals surface area contributed by atoms with E-state index >= 15 is 0 Å². The lowest BCUT2D eigenvalue weighted by molar-refractivity contribution is -0.127. The second-order valence-electron chi connectivity index (χ2n) is 7.01. The van der Waals surface area contributed by atoms with E-state index in [0.29, 0.717) is 18.3 Å². The van der Waals surface area contributed by atoms with Crippen LogP contribution in [0.2, 0.25) is 0 Å². The van der Waals surface area contributed by atoms with Crippen molar-refractivity contribution in [3.8, 4) is 0 Å². The van der Waals surface area contributed by atoms with Gasteiger partial charge in [0.05, 0.1) is 12.0 Å². The summed E-state index contributed by atoms with van der Waals surface area (Å²) < 4.78 is 0. The Morgan fingerprint density at radius 3 is 2.57 bits per heavy atom. The number of carbonyl (C=O) groups is 1. The van der Waals surface area contributed by atoms with Gasteiger partial charge in [-0.1, -0.05) is 30.3 Å². The zero-order chi connectivity index (χ0) is 15.7. The standard InChI is InChI=1S/C18H26N2O2.ClH/c1-11(9-15(21)12-5-3-2-4-6-12)20-18(22)16-13-7-8-14(10-13)17(16)19;/h2-6,11,13-17,21H,7-10,19H2,1H3,(H,20,22);1H. The predicted molar refractivity (Wildman–Crippen MR) is 93.2 cm³/mol. The Hall–Kier alpha value is -1.10. The quantitative estimate of drug-likeness (QED) is 0.771. The molecule has 4 N–H and O–H groups in total. The Bertz CT molecular complexity index is 523. The van der Waals surface area contributed by atoms with Gasteiger partial charge in [-0.15, -0.1) is 12.4 Å². The molecule has 2 fully saturated rings. The number of rotatable bonds is 5.